The monoisotopic (exact) mass is 1890 g/mol. The molecule has 0 fully saturated rings. The van der Waals surface area contributed by atoms with Gasteiger partial charge in [-0.2, -0.15) is 0 Å². The second kappa shape index (κ2) is 59.6. The summed E-state index contributed by atoms with van der Waals surface area (Å²) in [5, 5.41) is 44.9. The van der Waals surface area contributed by atoms with Gasteiger partial charge < -0.3 is 5.32 Å². The quantitative estimate of drug-likeness (QED) is 0.0367. The molecule has 0 spiro atoms. The number of hydrogen-bond donors (Lipinski definition) is 1. The zero-order valence-electron chi connectivity index (χ0n) is 97.6. The van der Waals surface area contributed by atoms with Crippen LogP contribution in [0.3, 0.4) is 0 Å². The average Bonchev–Trinajstić information content (AvgIpc) is 1.75. The normalized spacial score (nSPS) is 13.1. The molecule has 0 bridgehead atoms. The van der Waals surface area contributed by atoms with Crippen molar-refractivity contribution in [1.82, 2.24) is 80.3 Å². The van der Waals surface area contributed by atoms with Gasteiger partial charge in [0, 0.05) is 76.7 Å². The second-order valence-electron chi connectivity index (χ2n) is 58.5. The Labute approximate surface area is 826 Å². The van der Waals surface area contributed by atoms with Gasteiger partial charge in [0.15, 0.2) is 9.84 Å². The van der Waals surface area contributed by atoms with E-state index in [0.717, 1.165) is 93.3 Å². The minimum absolute atomic E-state index is 0.00756. The summed E-state index contributed by atoms with van der Waals surface area (Å²) < 4.78 is 32.7. The van der Waals surface area contributed by atoms with Crippen LogP contribution in [0.1, 0.15) is 528 Å². The Bertz CT molecular complexity index is 3760. The molecule has 5 heterocycles. The molecule has 5 aromatic rings. The van der Waals surface area contributed by atoms with E-state index in [9.17, 15) is 13.2 Å². The Morgan fingerprint density at radius 3 is 0.602 bits per heavy atom. The molecular formula is C113H226N16O3S. The average molecular weight is 1890 g/mol. The smallest absolute Gasteiger partial charge is 0.220 e. The van der Waals surface area contributed by atoms with Crippen molar-refractivity contribution in [3.8, 4) is 0 Å². The van der Waals surface area contributed by atoms with E-state index in [0.29, 0.717) is 55.2 Å². The molecule has 0 saturated heterocycles. The van der Waals surface area contributed by atoms with Crippen molar-refractivity contribution in [2.75, 3.05) is 12.3 Å². The third-order valence-corrected chi connectivity index (χ3v) is 23.9. The Morgan fingerprint density at radius 1 is 0.233 bits per heavy atom. The van der Waals surface area contributed by atoms with Crippen molar-refractivity contribution < 1.29 is 13.2 Å². The van der Waals surface area contributed by atoms with Crippen LogP contribution >= 0.6 is 0 Å². The van der Waals surface area contributed by atoms with Crippen LogP contribution in [0.4, 0.5) is 0 Å². The zero-order valence-corrected chi connectivity index (χ0v) is 98.4. The van der Waals surface area contributed by atoms with E-state index in [4.69, 9.17) is 0 Å². The van der Waals surface area contributed by atoms with Crippen LogP contribution in [0.2, 0.25) is 0 Å². The largest absolute Gasteiger partial charge is 0.355 e. The van der Waals surface area contributed by atoms with Gasteiger partial charge in [-0.15, -0.1) is 25.5 Å². The summed E-state index contributed by atoms with van der Waals surface area (Å²) in [7, 11) is -3.15. The van der Waals surface area contributed by atoms with Crippen LogP contribution in [-0.4, -0.2) is 106 Å². The topological polar surface area (TPSA) is 217 Å². The minimum Gasteiger partial charge on any atom is -0.355 e. The lowest BCUT2D eigenvalue weighted by molar-refractivity contribution is -0.122. The molecule has 0 aliphatic heterocycles. The molecule has 0 radical (unpaired) electrons. The molecule has 0 aromatic carbocycles. The molecule has 0 unspecified atom stereocenters. The van der Waals surface area contributed by atoms with Gasteiger partial charge in [0.25, 0.3) is 0 Å². The number of nitrogens with one attached hydrogen (secondary N) is 1. The van der Waals surface area contributed by atoms with Gasteiger partial charge in [-0.05, 0) is 224 Å². The Hall–Kier alpha value is -4.88. The van der Waals surface area contributed by atoms with Gasteiger partial charge in [0.1, 0.15) is 0 Å². The highest BCUT2D eigenvalue weighted by Gasteiger charge is 2.30. The number of carbonyl (C=O) groups is 1. The third kappa shape index (κ3) is 93.2. The van der Waals surface area contributed by atoms with Crippen LogP contribution in [0, 0.1) is 81.2 Å². The Balaban J connectivity index is -0.00000146. The third-order valence-electron chi connectivity index (χ3n) is 21.3. The summed E-state index contributed by atoms with van der Waals surface area (Å²) in [5.41, 5.74) is 11.2. The van der Waals surface area contributed by atoms with Crippen LogP contribution in [0.15, 0.2) is 31.0 Å². The summed E-state index contributed by atoms with van der Waals surface area (Å²) in [6, 6.07) is 0. The molecule has 19 nitrogen and oxygen atoms in total. The summed E-state index contributed by atoms with van der Waals surface area (Å²) in [6.07, 6.45) is 48.5. The number of hydrogen-bond acceptors (Lipinski definition) is 13. The number of nitrogens with zero attached hydrogens (tertiary/aromatic N) is 15. The molecule has 20 heteroatoms. The number of rotatable bonds is 37. The van der Waals surface area contributed by atoms with Crippen LogP contribution in [-0.2, 0) is 79.5 Å². The maximum absolute atomic E-state index is 11.8. The van der Waals surface area contributed by atoms with Crippen LogP contribution in [0.5, 0.6) is 0 Å². The fourth-order valence-electron chi connectivity index (χ4n) is 14.2. The lowest BCUT2D eigenvalue weighted by atomic mass is 9.84. The van der Waals surface area contributed by atoms with Crippen molar-refractivity contribution in [1.29, 1.82) is 0 Å². The summed E-state index contributed by atoms with van der Waals surface area (Å²) in [6.45, 7) is 112. The molecule has 5 rings (SSSR count). The Kier molecular flexibility index (Phi) is 59.3. The molecule has 0 saturated carbocycles. The van der Waals surface area contributed by atoms with Gasteiger partial charge >= 0.3 is 0 Å². The maximum Gasteiger partial charge on any atom is 0.220 e. The SMILES string of the molecule is CC(C)(C)CC(=O)NCCS(=O)(=O)C(C)(C)C.CC(C)(C)CCCC(C)(C)C.CC(C)(C)CCCCCCC(C)(C)C.CC(C)(C)CCCCCCn1cc(CC(C)(C)C)nn1.CC(C)(C)CCCCCn1cc(CC(C)(C)C)nn1.CC(C)(C)CCCCn1cc(CC(C)(C)C)nn1.CC(C)(C)CCCn1cc(CC(C)(C)C)nn1.CC(C)(C)CCCn1cc(CC(C)(C)C)nn1. The standard InChI is InChI=1S/C17H33N3.C16H31N3.C15H29N3.2C14H27N3.C14H30.C12H25NO3S.C11H24/c1-16(2,3)11-9-7-8-10-12-20-14-15(18-19-20)13-17(4,5)6;1-15(2,3)10-8-7-9-11-19-13-14(17-18-19)12-16(4,5)6;1-14(2,3)9-7-8-10-18-12-13(16-17-18)11-15(4,5)6;2*1-13(2,3)8-7-9-17-11-12(15-16-17)10-14(4,5)6;1-13(2,3)11-9-7-8-10-12-14(4,5)6;1-11(2,3)9-10(14)13-7-8-17(15,16)12(4,5)6;1-10(2,3)8-7-9-11(4,5)6/h14H,7-13H2,1-6H3;13H,7-12H2,1-6H3;12H,7-11H2,1-6H3;2*11H,7-10H2,1-6H3;7-12H2,1-6H3;7-9H2,1-6H3,(H,13,14);7-9H2,1-6H3. The van der Waals surface area contributed by atoms with Gasteiger partial charge in [0.05, 0.1) is 39.0 Å². The van der Waals surface area contributed by atoms with Crippen LogP contribution < -0.4 is 5.32 Å². The Morgan fingerprint density at radius 2 is 0.406 bits per heavy atom. The van der Waals surface area contributed by atoms with E-state index in [-0.39, 0.29) is 50.7 Å². The fraction of sp³-hybridized carbons (Fsp3) is 0.903. The molecule has 1 amide bonds. The van der Waals surface area contributed by atoms with E-state index in [1.807, 2.05) is 44.2 Å². The molecule has 5 aromatic heterocycles. The van der Waals surface area contributed by atoms with Crippen molar-refractivity contribution in [3.05, 3.63) is 59.5 Å². The molecule has 0 aliphatic rings. The summed E-state index contributed by atoms with van der Waals surface area (Å²) >= 11 is 0. The highest BCUT2D eigenvalue weighted by Crippen LogP contribution is 2.33. The number of amides is 1. The molecule has 0 atom stereocenters. The lowest BCUT2D eigenvalue weighted by Gasteiger charge is -2.22. The molecular weight excluding hydrogens is 1660 g/mol. The van der Waals surface area contributed by atoms with Gasteiger partial charge in [0.2, 0.25) is 5.91 Å². The lowest BCUT2D eigenvalue weighted by Crippen LogP contribution is -2.37. The van der Waals surface area contributed by atoms with Crippen LogP contribution in [0.25, 0.3) is 0 Å². The van der Waals surface area contributed by atoms with E-state index in [1.165, 1.54) is 161 Å². The summed E-state index contributed by atoms with van der Waals surface area (Å²) in [4.78, 5) is 11.5. The van der Waals surface area contributed by atoms with Crippen molar-refractivity contribution in [3.63, 3.8) is 0 Å². The van der Waals surface area contributed by atoms with Crippen molar-refractivity contribution in [2.45, 2.75) is 569 Å². The first-order chi connectivity index (χ1) is 59.5. The second-order valence-corrected chi connectivity index (χ2v) is 61.4. The predicted molar refractivity (Wildman–Crippen MR) is 577 cm³/mol. The fourth-order valence-corrected chi connectivity index (χ4v) is 15.2. The van der Waals surface area contributed by atoms with E-state index in [1.54, 1.807) is 20.8 Å². The molecule has 0 aliphatic carbocycles. The number of aryl methyl sites for hydroxylation is 5. The zero-order chi connectivity index (χ0) is 104. The molecule has 782 valence electrons. The maximum atomic E-state index is 11.8. The first kappa shape index (κ1) is 132. The first-order valence-electron chi connectivity index (χ1n) is 52.5. The highest BCUT2D eigenvalue weighted by atomic mass is 32.2. The van der Waals surface area contributed by atoms with Gasteiger partial charge in [-0.25, -0.2) is 8.42 Å². The van der Waals surface area contributed by atoms with Crippen molar-refractivity contribution >= 4 is 15.7 Å². The van der Waals surface area contributed by atoms with E-state index < -0.39 is 14.6 Å². The molecule has 133 heavy (non-hydrogen) atoms. The van der Waals surface area contributed by atoms with E-state index >= 15 is 0 Å². The summed E-state index contributed by atoms with van der Waals surface area (Å²) in [5.74, 6) is -0.103. The van der Waals surface area contributed by atoms with Gasteiger partial charge in [-0.1, -0.05) is 408 Å². The molecule has 1 N–H and O–H groups in total. The number of sulfone groups is 1. The minimum atomic E-state index is -3.15. The predicted octanol–water partition coefficient (Wildman–Crippen LogP) is 32.2. The highest BCUT2D eigenvalue weighted by molar-refractivity contribution is 7.92. The first-order valence-corrected chi connectivity index (χ1v) is 54.1. The van der Waals surface area contributed by atoms with Gasteiger partial charge in [-0.3, -0.25) is 28.2 Å². The number of carbonyl (C=O) groups excluding carboxylic acids is 1. The number of unbranched alkanes of at least 4 members (excludes halogenated alkanes) is 9. The van der Waals surface area contributed by atoms with E-state index in [2.05, 4.69) is 379 Å². The van der Waals surface area contributed by atoms with Crippen molar-refractivity contribution in [2.24, 2.45) is 81.2 Å². The number of aromatic nitrogens is 15.